The lowest BCUT2D eigenvalue weighted by Gasteiger charge is -2.20. The highest BCUT2D eigenvalue weighted by Gasteiger charge is 2.24. The number of hydrogen-bond donors (Lipinski definition) is 0. The summed E-state index contributed by atoms with van der Waals surface area (Å²) in [5, 5.41) is 12.5. The fourth-order valence-corrected chi connectivity index (χ4v) is 8.68. The molecule has 0 aliphatic carbocycles. The van der Waals surface area contributed by atoms with E-state index in [1.807, 2.05) is 0 Å². The minimum Gasteiger partial charge on any atom is -0.309 e. The average molecular weight is 635 g/mol. The minimum absolute atomic E-state index is 1.16. The molecule has 50 heavy (non-hydrogen) atoms. The number of hydrogen-bond acceptors (Lipinski definition) is 0. The number of nitrogens with zero attached hydrogens (tertiary/aromatic N) is 2. The maximum absolute atomic E-state index is 2.58. The van der Waals surface area contributed by atoms with E-state index >= 15 is 0 Å². The Labute approximate surface area is 288 Å². The van der Waals surface area contributed by atoms with E-state index in [0.29, 0.717) is 0 Å². The first-order valence-corrected chi connectivity index (χ1v) is 17.3. The topological polar surface area (TPSA) is 9.86 Å². The second-order valence-electron chi connectivity index (χ2n) is 13.2. The molecule has 0 atom stereocenters. The summed E-state index contributed by atoms with van der Waals surface area (Å²) < 4.78 is 5.00. The van der Waals surface area contributed by atoms with E-state index in [2.05, 4.69) is 191 Å². The van der Waals surface area contributed by atoms with Crippen LogP contribution in [0.15, 0.2) is 182 Å². The van der Waals surface area contributed by atoms with Gasteiger partial charge in [-0.25, -0.2) is 0 Å². The van der Waals surface area contributed by atoms with Crippen molar-refractivity contribution < 1.29 is 0 Å². The van der Waals surface area contributed by atoms with Gasteiger partial charge in [0.05, 0.1) is 27.8 Å². The Bertz CT molecular complexity index is 3080. The van der Waals surface area contributed by atoms with Gasteiger partial charge in [-0.15, -0.1) is 0 Å². The van der Waals surface area contributed by atoms with Gasteiger partial charge in [0, 0.05) is 38.0 Å². The summed E-state index contributed by atoms with van der Waals surface area (Å²) in [5.41, 5.74) is 9.78. The molecule has 0 bridgehead atoms. The molecule has 11 rings (SSSR count). The first kappa shape index (κ1) is 27.3. The first-order valence-electron chi connectivity index (χ1n) is 17.3. The van der Waals surface area contributed by atoms with E-state index in [-0.39, 0.29) is 0 Å². The van der Waals surface area contributed by atoms with Crippen molar-refractivity contribution in [3.8, 4) is 22.5 Å². The number of fused-ring (bicyclic) bond motifs is 10. The van der Waals surface area contributed by atoms with Crippen LogP contribution in [0.3, 0.4) is 0 Å². The van der Waals surface area contributed by atoms with Crippen molar-refractivity contribution >= 4 is 75.9 Å². The van der Waals surface area contributed by atoms with Crippen molar-refractivity contribution in [1.29, 1.82) is 0 Å². The van der Waals surface area contributed by atoms with E-state index in [1.54, 1.807) is 0 Å². The molecule has 0 aliphatic heterocycles. The molecule has 0 saturated heterocycles. The van der Waals surface area contributed by atoms with Crippen LogP contribution >= 0.6 is 0 Å². The molecule has 0 spiro atoms. The van der Waals surface area contributed by atoms with Crippen LogP contribution in [-0.2, 0) is 0 Å². The summed E-state index contributed by atoms with van der Waals surface area (Å²) in [7, 11) is 0. The third-order valence-corrected chi connectivity index (χ3v) is 10.7. The zero-order valence-corrected chi connectivity index (χ0v) is 27.2. The third kappa shape index (κ3) is 3.68. The van der Waals surface area contributed by atoms with E-state index in [4.69, 9.17) is 0 Å². The van der Waals surface area contributed by atoms with Crippen molar-refractivity contribution in [2.24, 2.45) is 0 Å². The van der Waals surface area contributed by atoms with Crippen LogP contribution in [0.5, 0.6) is 0 Å². The van der Waals surface area contributed by atoms with Crippen LogP contribution < -0.4 is 0 Å². The summed E-state index contributed by atoms with van der Waals surface area (Å²) in [5.74, 6) is 0. The van der Waals surface area contributed by atoms with Gasteiger partial charge in [0.1, 0.15) is 0 Å². The van der Waals surface area contributed by atoms with Gasteiger partial charge in [-0.3, -0.25) is 0 Å². The summed E-state index contributed by atoms with van der Waals surface area (Å²) in [6.07, 6.45) is 0. The van der Waals surface area contributed by atoms with Crippen molar-refractivity contribution in [1.82, 2.24) is 9.13 Å². The normalized spacial score (nSPS) is 12.0. The molecule has 232 valence electrons. The Morgan fingerprint density at radius 3 is 1.56 bits per heavy atom. The molecule has 11 aromatic rings. The van der Waals surface area contributed by atoms with Gasteiger partial charge < -0.3 is 9.13 Å². The van der Waals surface area contributed by atoms with Crippen LogP contribution in [0, 0.1) is 0 Å². The fraction of sp³-hybridized carbons (Fsp3) is 0. The Hall–Kier alpha value is -6.64. The average Bonchev–Trinajstić information content (AvgIpc) is 3.70. The lowest BCUT2D eigenvalue weighted by atomic mass is 9.88. The highest BCUT2D eigenvalue weighted by atomic mass is 15.0. The molecule has 2 heteroatoms. The van der Waals surface area contributed by atoms with Crippen molar-refractivity contribution in [3.63, 3.8) is 0 Å². The highest BCUT2D eigenvalue weighted by Crippen LogP contribution is 2.47. The van der Waals surface area contributed by atoms with Gasteiger partial charge in [0.15, 0.2) is 0 Å². The lowest BCUT2D eigenvalue weighted by molar-refractivity contribution is 1.18. The standard InChI is InChI=1S/C48H30N2/c1-2-17-32(18-3-1)49-43-28-13-11-25-41(43)46-44(49)30-29-40-34-20-10-12-27-42(34)50(48(40)46)47-38-23-8-6-21-36(38)45(37-22-7-9-24-39(37)47)35-26-14-16-31-15-4-5-19-33(31)35/h1-30H. The van der Waals surface area contributed by atoms with Crippen LogP contribution in [0.25, 0.3) is 98.4 Å². The third-order valence-electron chi connectivity index (χ3n) is 10.7. The summed E-state index contributed by atoms with van der Waals surface area (Å²) in [6.45, 7) is 0. The van der Waals surface area contributed by atoms with Crippen molar-refractivity contribution in [2.75, 3.05) is 0 Å². The molecule has 2 nitrogen and oxygen atoms in total. The molecule has 0 unspecified atom stereocenters. The van der Waals surface area contributed by atoms with E-state index < -0.39 is 0 Å². The van der Waals surface area contributed by atoms with Gasteiger partial charge in [-0.2, -0.15) is 0 Å². The summed E-state index contributed by atoms with van der Waals surface area (Å²) in [4.78, 5) is 0. The molecular weight excluding hydrogens is 605 g/mol. The van der Waals surface area contributed by atoms with Crippen molar-refractivity contribution in [3.05, 3.63) is 182 Å². The SMILES string of the molecule is c1ccc(-n2c3ccccc3c3c2ccc2c4ccccc4n(-c4c5ccccc5c(-c5cccc6ccccc56)c5ccccc45)c23)cc1. The summed E-state index contributed by atoms with van der Waals surface area (Å²) in [6, 6.07) is 66.7. The zero-order chi connectivity index (χ0) is 32.8. The number of aromatic nitrogens is 2. The number of para-hydroxylation sites is 3. The molecule has 0 amide bonds. The van der Waals surface area contributed by atoms with Gasteiger partial charge in [-0.05, 0) is 63.0 Å². The maximum Gasteiger partial charge on any atom is 0.0641 e. The van der Waals surface area contributed by atoms with E-state index in [0.717, 1.165) is 5.69 Å². The second-order valence-corrected chi connectivity index (χ2v) is 13.2. The number of benzene rings is 9. The van der Waals surface area contributed by atoms with Crippen LogP contribution in [0.4, 0.5) is 0 Å². The van der Waals surface area contributed by atoms with E-state index in [9.17, 15) is 0 Å². The molecular formula is C48H30N2. The lowest BCUT2D eigenvalue weighted by Crippen LogP contribution is -2.00. The smallest absolute Gasteiger partial charge is 0.0641 e. The van der Waals surface area contributed by atoms with Gasteiger partial charge in [-0.1, -0.05) is 152 Å². The molecule has 0 radical (unpaired) electrons. The molecule has 0 aliphatic rings. The largest absolute Gasteiger partial charge is 0.309 e. The molecule has 9 aromatic carbocycles. The van der Waals surface area contributed by atoms with Gasteiger partial charge in [0.2, 0.25) is 0 Å². The van der Waals surface area contributed by atoms with Crippen LogP contribution in [0.1, 0.15) is 0 Å². The Morgan fingerprint density at radius 2 is 0.840 bits per heavy atom. The van der Waals surface area contributed by atoms with Crippen LogP contribution in [0.2, 0.25) is 0 Å². The number of rotatable bonds is 3. The quantitative estimate of drug-likeness (QED) is 0.171. The highest BCUT2D eigenvalue weighted by molar-refractivity contribution is 6.28. The molecule has 2 heterocycles. The molecule has 0 fully saturated rings. The minimum atomic E-state index is 1.16. The van der Waals surface area contributed by atoms with Crippen LogP contribution in [-0.4, -0.2) is 9.13 Å². The Balaban J connectivity index is 1.38. The predicted octanol–water partition coefficient (Wildman–Crippen LogP) is 13.0. The Kier molecular flexibility index (Phi) is 5.70. The molecule has 0 N–H and O–H groups in total. The van der Waals surface area contributed by atoms with Crippen molar-refractivity contribution in [2.45, 2.75) is 0 Å². The predicted molar refractivity (Wildman–Crippen MR) is 213 cm³/mol. The van der Waals surface area contributed by atoms with Gasteiger partial charge >= 0.3 is 0 Å². The second kappa shape index (κ2) is 10.4. The summed E-state index contributed by atoms with van der Waals surface area (Å²) >= 11 is 0. The Morgan fingerprint density at radius 1 is 0.300 bits per heavy atom. The molecule has 2 aromatic heterocycles. The monoisotopic (exact) mass is 634 g/mol. The maximum atomic E-state index is 2.58. The van der Waals surface area contributed by atoms with E-state index in [1.165, 1.54) is 92.7 Å². The first-order chi connectivity index (χ1) is 24.9. The zero-order valence-electron chi connectivity index (χ0n) is 27.2. The van der Waals surface area contributed by atoms with Gasteiger partial charge in [0.25, 0.3) is 0 Å². The fourth-order valence-electron chi connectivity index (χ4n) is 8.68. The molecule has 0 saturated carbocycles.